The summed E-state index contributed by atoms with van der Waals surface area (Å²) in [7, 11) is 0. The monoisotopic (exact) mass is 142 g/mol. The Morgan fingerprint density at radius 1 is 1.80 bits per heavy atom. The van der Waals surface area contributed by atoms with Gasteiger partial charge in [0.15, 0.2) is 0 Å². The quantitative estimate of drug-likeness (QED) is 0.463. The van der Waals surface area contributed by atoms with Crippen molar-refractivity contribution in [1.82, 2.24) is 0 Å². The Morgan fingerprint density at radius 2 is 1.80 bits per heavy atom. The van der Waals surface area contributed by atoms with Crippen LogP contribution in [-0.2, 0) is 4.79 Å². The van der Waals surface area contributed by atoms with Crippen LogP contribution in [0.1, 0.15) is 6.92 Å². The van der Waals surface area contributed by atoms with Gasteiger partial charge in [-0.05, 0) is 0 Å². The second kappa shape index (κ2) is 4.08. The fourth-order valence-corrected chi connectivity index (χ4v) is 0. The molecule has 0 amide bonds. The van der Waals surface area contributed by atoms with Crippen molar-refractivity contribution in [3.05, 3.63) is 0 Å². The largest absolute Gasteiger partial charge is 0.298 e. The third-order valence-corrected chi connectivity index (χ3v) is 0. The van der Waals surface area contributed by atoms with E-state index in [1.807, 2.05) is 0 Å². The van der Waals surface area contributed by atoms with E-state index < -0.39 is 6.04 Å². The number of carbonyl (C=O) groups excluding carboxylic acids is 1. The van der Waals surface area contributed by atoms with E-state index in [2.05, 4.69) is 0 Å². The average Bonchev–Trinajstić information content (AvgIpc) is 0.811. The Bertz CT molecular complexity index is 32.6. The number of rotatable bonds is 0. The van der Waals surface area contributed by atoms with Crippen LogP contribution in [0.15, 0.2) is 0 Å². The number of hydrogen-bond acceptors (Lipinski definition) is 1. The second-order valence-electron chi connectivity index (χ2n) is 0.470. The summed E-state index contributed by atoms with van der Waals surface area (Å²) in [5, 5.41) is 0. The van der Waals surface area contributed by atoms with E-state index in [1.54, 1.807) is 0 Å². The molecule has 0 aliphatic heterocycles. The molecule has 0 aliphatic carbocycles. The van der Waals surface area contributed by atoms with Crippen molar-refractivity contribution in [2.24, 2.45) is 0 Å². The van der Waals surface area contributed by atoms with E-state index in [0.29, 0.717) is 0 Å². The van der Waals surface area contributed by atoms with Crippen LogP contribution in [-0.4, -0.2) is 6.04 Å². The first-order valence-corrected chi connectivity index (χ1v) is 0.893. The van der Waals surface area contributed by atoms with Gasteiger partial charge in [-0.1, -0.05) is 0 Å². The predicted molar refractivity (Wildman–Crippen MR) is 22.1 cm³/mol. The molecule has 5 heavy (non-hydrogen) atoms. The summed E-state index contributed by atoms with van der Waals surface area (Å²) in [4.78, 5) is 8.78. The lowest BCUT2D eigenvalue weighted by atomic mass is 10.9. The molecule has 32 valence electrons. The minimum atomic E-state index is -1.33. The lowest BCUT2D eigenvalue weighted by molar-refractivity contribution is -0.126. The van der Waals surface area contributed by atoms with Crippen molar-refractivity contribution in [2.45, 2.75) is 6.92 Å². The van der Waals surface area contributed by atoms with Gasteiger partial charge in [-0.15, -0.1) is 17.0 Å². The van der Waals surface area contributed by atoms with Crippen molar-refractivity contribution >= 4 is 23.0 Å². The van der Waals surface area contributed by atoms with Crippen molar-refractivity contribution in [2.75, 3.05) is 0 Å². The van der Waals surface area contributed by atoms with E-state index in [-0.39, 0.29) is 17.0 Å². The smallest absolute Gasteiger partial charge is 0.262 e. The molecule has 0 aliphatic rings. The predicted octanol–water partition coefficient (Wildman–Crippen LogP) is 1.08. The zero-order chi connectivity index (χ0) is 3.58. The molecule has 0 aromatic carbocycles. The molecule has 0 radical (unpaired) electrons. The highest BCUT2D eigenvalue weighted by Crippen LogP contribution is 1.58. The van der Waals surface area contributed by atoms with Crippen LogP contribution in [0.3, 0.4) is 0 Å². The highest BCUT2D eigenvalue weighted by molar-refractivity contribution is 8.93. The second-order valence-corrected chi connectivity index (χ2v) is 0.470. The van der Waals surface area contributed by atoms with Crippen LogP contribution in [0.25, 0.3) is 0 Å². The molecule has 0 aromatic rings. The summed E-state index contributed by atoms with van der Waals surface area (Å²) in [6.45, 7) is 0.861. The minimum Gasteiger partial charge on any atom is -0.262 e. The summed E-state index contributed by atoms with van der Waals surface area (Å²) in [6, 6.07) is -1.33. The molecule has 0 unspecified atom stereocenters. The van der Waals surface area contributed by atoms with Crippen LogP contribution in [0.2, 0.25) is 0 Å². The van der Waals surface area contributed by atoms with Crippen LogP contribution >= 0.6 is 17.0 Å². The van der Waals surface area contributed by atoms with E-state index in [9.17, 15) is 4.39 Å². The first kappa shape index (κ1) is 8.91. The van der Waals surface area contributed by atoms with Crippen LogP contribution in [0.5, 0.6) is 0 Å². The van der Waals surface area contributed by atoms with Gasteiger partial charge in [0.1, 0.15) is 0 Å². The average molecular weight is 143 g/mol. The fraction of sp³-hybridized carbons (Fsp3) is 0.500. The Morgan fingerprint density at radius 3 is 1.80 bits per heavy atom. The van der Waals surface area contributed by atoms with Gasteiger partial charge in [0.05, 0.1) is 0 Å². The van der Waals surface area contributed by atoms with E-state index in [4.69, 9.17) is 4.79 Å². The van der Waals surface area contributed by atoms with E-state index in [0.717, 1.165) is 6.92 Å². The molecule has 0 spiro atoms. The number of carbonyl (C=O) groups is 1. The normalized spacial score (nSPS) is 5.20. The molecule has 0 bridgehead atoms. The van der Waals surface area contributed by atoms with Crippen molar-refractivity contribution in [3.63, 3.8) is 0 Å². The third kappa shape index (κ3) is 2760. The summed E-state index contributed by atoms with van der Waals surface area (Å²) in [5.74, 6) is 0. The van der Waals surface area contributed by atoms with Gasteiger partial charge < -0.3 is 0 Å². The zero-order valence-electron chi connectivity index (χ0n) is 2.69. The Hall–Kier alpha value is 0.0800. The maximum absolute atomic E-state index is 10.4. The van der Waals surface area contributed by atoms with Crippen molar-refractivity contribution in [1.29, 1.82) is 0 Å². The van der Waals surface area contributed by atoms with Gasteiger partial charge in [-0.2, -0.15) is 4.39 Å². The van der Waals surface area contributed by atoms with Gasteiger partial charge >= 0.3 is 0 Å². The highest BCUT2D eigenvalue weighted by Gasteiger charge is 1.69. The lowest BCUT2D eigenvalue weighted by Crippen LogP contribution is -1.65. The van der Waals surface area contributed by atoms with Crippen LogP contribution in [0, 0.1) is 0 Å². The van der Waals surface area contributed by atoms with Crippen molar-refractivity contribution in [3.8, 4) is 0 Å². The molecule has 1 nitrogen and oxygen atoms in total. The van der Waals surface area contributed by atoms with Gasteiger partial charge in [0, 0.05) is 6.92 Å². The standard InChI is InChI=1S/C2H3FO.BrH/c1-2(3)4;/h1H3;1H. The summed E-state index contributed by atoms with van der Waals surface area (Å²) < 4.78 is 10.4. The van der Waals surface area contributed by atoms with E-state index in [1.165, 1.54) is 0 Å². The first-order chi connectivity index (χ1) is 1.73. The highest BCUT2D eigenvalue weighted by atomic mass is 79.9. The van der Waals surface area contributed by atoms with Crippen LogP contribution in [0.4, 0.5) is 4.39 Å². The fourth-order valence-electron chi connectivity index (χ4n) is 0. The lowest BCUT2D eigenvalue weighted by Gasteiger charge is -1.50. The molecule has 0 N–H and O–H groups in total. The molecule has 0 heterocycles. The van der Waals surface area contributed by atoms with Crippen molar-refractivity contribution < 1.29 is 9.18 Å². The minimum absolute atomic E-state index is 0. The summed E-state index contributed by atoms with van der Waals surface area (Å²) in [6.07, 6.45) is 0. The Labute approximate surface area is 39.9 Å². The Kier molecular flexibility index (Phi) is 7.27. The maximum Gasteiger partial charge on any atom is 0.298 e. The van der Waals surface area contributed by atoms with Gasteiger partial charge in [0.25, 0.3) is 6.04 Å². The van der Waals surface area contributed by atoms with E-state index >= 15 is 0 Å². The first-order valence-electron chi connectivity index (χ1n) is 0.893. The molecule has 0 fully saturated rings. The Balaban J connectivity index is 0. The SMILES string of the molecule is Br.CC(=O)F. The molecule has 0 rings (SSSR count). The van der Waals surface area contributed by atoms with Gasteiger partial charge in [-0.3, -0.25) is 4.79 Å². The third-order valence-electron chi connectivity index (χ3n) is 0. The number of hydrogen-bond donors (Lipinski definition) is 0. The molecular weight excluding hydrogens is 139 g/mol. The van der Waals surface area contributed by atoms with Gasteiger partial charge in [0.2, 0.25) is 0 Å². The summed E-state index contributed by atoms with van der Waals surface area (Å²) in [5.41, 5.74) is 0. The maximum atomic E-state index is 10.4. The molecule has 0 atom stereocenters. The molecule has 3 heteroatoms. The zero-order valence-corrected chi connectivity index (χ0v) is 4.41. The molecule has 0 saturated carbocycles. The molecule has 0 saturated heterocycles. The van der Waals surface area contributed by atoms with Gasteiger partial charge in [-0.25, -0.2) is 0 Å². The topological polar surface area (TPSA) is 17.1 Å². The number of halogens is 2. The molecular formula is C2H4BrFO. The van der Waals surface area contributed by atoms with Crippen LogP contribution < -0.4 is 0 Å². The summed E-state index contributed by atoms with van der Waals surface area (Å²) >= 11 is 0. The molecule has 0 aromatic heterocycles.